The van der Waals surface area contributed by atoms with Gasteiger partial charge in [0.15, 0.2) is 0 Å². The lowest BCUT2D eigenvalue weighted by Gasteiger charge is -2.23. The van der Waals surface area contributed by atoms with Gasteiger partial charge in [-0.05, 0) is 31.5 Å². The first-order valence-corrected chi connectivity index (χ1v) is 6.23. The summed E-state index contributed by atoms with van der Waals surface area (Å²) in [5.41, 5.74) is 0.636. The summed E-state index contributed by atoms with van der Waals surface area (Å²) in [4.78, 5) is 22.3. The van der Waals surface area contributed by atoms with Gasteiger partial charge < -0.3 is 20.5 Å². The van der Waals surface area contributed by atoms with Crippen molar-refractivity contribution in [1.29, 1.82) is 0 Å². The van der Waals surface area contributed by atoms with Crippen LogP contribution >= 0.6 is 0 Å². The maximum atomic E-state index is 11.6. The third kappa shape index (κ3) is 5.27. The number of carboxylic acid groups (broad SMARTS) is 1. The zero-order valence-corrected chi connectivity index (χ0v) is 11.9. The molecule has 0 saturated heterocycles. The highest BCUT2D eigenvalue weighted by molar-refractivity contribution is 5.87. The van der Waals surface area contributed by atoms with E-state index in [9.17, 15) is 9.59 Å². The Kier molecular flexibility index (Phi) is 5.52. The molecule has 0 fully saturated rings. The van der Waals surface area contributed by atoms with E-state index in [1.165, 1.54) is 12.1 Å². The van der Waals surface area contributed by atoms with Gasteiger partial charge in [-0.2, -0.15) is 0 Å². The lowest BCUT2D eigenvalue weighted by molar-refractivity contribution is 0.0254. The van der Waals surface area contributed by atoms with E-state index in [0.29, 0.717) is 13.1 Å². The molecular weight excluding hydrogens is 260 g/mol. The molecule has 110 valence electrons. The number of carbonyl (C=O) groups excluding carboxylic acids is 1. The van der Waals surface area contributed by atoms with Crippen molar-refractivity contribution in [2.24, 2.45) is 0 Å². The molecule has 0 aliphatic heterocycles. The summed E-state index contributed by atoms with van der Waals surface area (Å²) in [6, 6.07) is 6.06. The zero-order chi connectivity index (χ0) is 15.2. The van der Waals surface area contributed by atoms with Gasteiger partial charge in [0.25, 0.3) is 0 Å². The van der Waals surface area contributed by atoms with E-state index in [0.717, 1.165) is 5.56 Å². The van der Waals surface area contributed by atoms with Crippen LogP contribution < -0.4 is 10.6 Å². The molecule has 6 nitrogen and oxygen atoms in total. The SMILES string of the molecule is COC(C)(C)CNC(=O)NCc1ccc(C(=O)O)cc1. The second kappa shape index (κ2) is 6.91. The fraction of sp³-hybridized carbons (Fsp3) is 0.429. The Bertz CT molecular complexity index is 469. The van der Waals surface area contributed by atoms with Crippen LogP contribution in [-0.4, -0.2) is 36.4 Å². The standard InChI is InChI=1S/C14H20N2O4/c1-14(2,20-3)9-16-13(19)15-8-10-4-6-11(7-5-10)12(17)18/h4-7H,8-9H2,1-3H3,(H,17,18)(H2,15,16,19). The number of ether oxygens (including phenoxy) is 1. The van der Waals surface area contributed by atoms with Gasteiger partial charge in [-0.1, -0.05) is 12.1 Å². The van der Waals surface area contributed by atoms with Crippen molar-refractivity contribution in [1.82, 2.24) is 10.6 Å². The lowest BCUT2D eigenvalue weighted by atomic mass is 10.1. The minimum Gasteiger partial charge on any atom is -0.478 e. The van der Waals surface area contributed by atoms with Crippen LogP contribution in [0.3, 0.4) is 0 Å². The van der Waals surface area contributed by atoms with Crippen LogP contribution in [0.5, 0.6) is 0 Å². The van der Waals surface area contributed by atoms with Crippen molar-refractivity contribution in [3.05, 3.63) is 35.4 Å². The first kappa shape index (κ1) is 16.0. The molecule has 0 radical (unpaired) electrons. The Labute approximate surface area is 118 Å². The molecule has 0 aliphatic rings. The molecule has 0 unspecified atom stereocenters. The van der Waals surface area contributed by atoms with Crippen LogP contribution in [-0.2, 0) is 11.3 Å². The van der Waals surface area contributed by atoms with Gasteiger partial charge >= 0.3 is 12.0 Å². The van der Waals surface area contributed by atoms with Gasteiger partial charge in [0.1, 0.15) is 0 Å². The molecule has 2 amide bonds. The average molecular weight is 280 g/mol. The normalized spacial score (nSPS) is 10.9. The Morgan fingerprint density at radius 1 is 1.20 bits per heavy atom. The van der Waals surface area contributed by atoms with E-state index in [2.05, 4.69) is 10.6 Å². The van der Waals surface area contributed by atoms with Crippen molar-refractivity contribution < 1.29 is 19.4 Å². The summed E-state index contributed by atoms with van der Waals surface area (Å²) in [6.07, 6.45) is 0. The molecule has 0 aromatic heterocycles. The predicted molar refractivity (Wildman–Crippen MR) is 74.7 cm³/mol. The fourth-order valence-electron chi connectivity index (χ4n) is 1.38. The minimum absolute atomic E-state index is 0.222. The predicted octanol–water partition coefficient (Wildman–Crippen LogP) is 1.61. The molecule has 1 aromatic carbocycles. The number of carboxylic acids is 1. The van der Waals surface area contributed by atoms with Crippen LogP contribution in [0.1, 0.15) is 29.8 Å². The number of rotatable bonds is 6. The van der Waals surface area contributed by atoms with Crippen LogP contribution in [0.2, 0.25) is 0 Å². The Morgan fingerprint density at radius 2 is 1.80 bits per heavy atom. The molecule has 1 rings (SSSR count). The van der Waals surface area contributed by atoms with Gasteiger partial charge in [0, 0.05) is 20.2 Å². The van der Waals surface area contributed by atoms with Crippen molar-refractivity contribution >= 4 is 12.0 Å². The lowest BCUT2D eigenvalue weighted by Crippen LogP contribution is -2.44. The third-order valence-corrected chi connectivity index (χ3v) is 2.88. The number of aromatic carboxylic acids is 1. The zero-order valence-electron chi connectivity index (χ0n) is 11.9. The monoisotopic (exact) mass is 280 g/mol. The van der Waals surface area contributed by atoms with E-state index in [4.69, 9.17) is 9.84 Å². The van der Waals surface area contributed by atoms with Gasteiger partial charge in [-0.25, -0.2) is 9.59 Å². The second-order valence-corrected chi connectivity index (χ2v) is 5.00. The molecule has 0 bridgehead atoms. The van der Waals surface area contributed by atoms with Crippen molar-refractivity contribution in [3.8, 4) is 0 Å². The summed E-state index contributed by atoms with van der Waals surface area (Å²) < 4.78 is 5.19. The van der Waals surface area contributed by atoms with Crippen LogP contribution in [0.25, 0.3) is 0 Å². The van der Waals surface area contributed by atoms with Crippen molar-refractivity contribution in [3.63, 3.8) is 0 Å². The van der Waals surface area contributed by atoms with Crippen LogP contribution in [0, 0.1) is 0 Å². The molecule has 6 heteroatoms. The van der Waals surface area contributed by atoms with Gasteiger partial charge in [0.2, 0.25) is 0 Å². The average Bonchev–Trinajstić information content (AvgIpc) is 2.43. The highest BCUT2D eigenvalue weighted by atomic mass is 16.5. The molecule has 0 heterocycles. The summed E-state index contributed by atoms with van der Waals surface area (Å²) >= 11 is 0. The fourth-order valence-corrected chi connectivity index (χ4v) is 1.38. The van der Waals surface area contributed by atoms with Gasteiger partial charge in [0.05, 0.1) is 11.2 Å². The van der Waals surface area contributed by atoms with E-state index in [1.807, 2.05) is 13.8 Å². The molecule has 0 atom stereocenters. The molecule has 20 heavy (non-hydrogen) atoms. The number of hydrogen-bond donors (Lipinski definition) is 3. The Morgan fingerprint density at radius 3 is 2.30 bits per heavy atom. The van der Waals surface area contributed by atoms with E-state index in [1.54, 1.807) is 19.2 Å². The molecule has 3 N–H and O–H groups in total. The Hall–Kier alpha value is -2.08. The quantitative estimate of drug-likeness (QED) is 0.738. The number of nitrogens with one attached hydrogen (secondary N) is 2. The highest BCUT2D eigenvalue weighted by Crippen LogP contribution is 2.05. The van der Waals surface area contributed by atoms with E-state index >= 15 is 0 Å². The van der Waals surface area contributed by atoms with Crippen molar-refractivity contribution in [2.75, 3.05) is 13.7 Å². The first-order valence-electron chi connectivity index (χ1n) is 6.23. The van der Waals surface area contributed by atoms with Crippen LogP contribution in [0.15, 0.2) is 24.3 Å². The molecule has 0 aliphatic carbocycles. The molecule has 0 saturated carbocycles. The Balaban J connectivity index is 2.39. The van der Waals surface area contributed by atoms with E-state index in [-0.39, 0.29) is 11.6 Å². The van der Waals surface area contributed by atoms with Crippen molar-refractivity contribution in [2.45, 2.75) is 26.0 Å². The maximum absolute atomic E-state index is 11.6. The second-order valence-electron chi connectivity index (χ2n) is 5.00. The molecule has 1 aromatic rings. The van der Waals surface area contributed by atoms with Crippen LogP contribution in [0.4, 0.5) is 4.79 Å². The smallest absolute Gasteiger partial charge is 0.335 e. The third-order valence-electron chi connectivity index (χ3n) is 2.88. The first-order chi connectivity index (χ1) is 9.34. The molecule has 0 spiro atoms. The maximum Gasteiger partial charge on any atom is 0.335 e. The number of urea groups is 1. The van der Waals surface area contributed by atoms with Gasteiger partial charge in [-0.3, -0.25) is 0 Å². The summed E-state index contributed by atoms with van der Waals surface area (Å²) in [6.45, 7) is 4.47. The topological polar surface area (TPSA) is 87.7 Å². The van der Waals surface area contributed by atoms with Gasteiger partial charge in [-0.15, -0.1) is 0 Å². The number of hydrogen-bond acceptors (Lipinski definition) is 3. The van der Waals surface area contributed by atoms with E-state index < -0.39 is 11.6 Å². The summed E-state index contributed by atoms with van der Waals surface area (Å²) in [5, 5.41) is 14.2. The number of amides is 2. The number of benzene rings is 1. The summed E-state index contributed by atoms with van der Waals surface area (Å²) in [7, 11) is 1.59. The molecular formula is C14H20N2O4. The highest BCUT2D eigenvalue weighted by Gasteiger charge is 2.16. The number of methoxy groups -OCH3 is 1. The largest absolute Gasteiger partial charge is 0.478 e. The minimum atomic E-state index is -0.968. The summed E-state index contributed by atoms with van der Waals surface area (Å²) in [5.74, 6) is -0.968. The number of carbonyl (C=O) groups is 2.